The number of ether oxygens (including phenoxy) is 1. The maximum Gasteiger partial charge on any atom is 0.261 e. The van der Waals surface area contributed by atoms with E-state index in [0.717, 1.165) is 22.6 Å². The van der Waals surface area contributed by atoms with Crippen molar-refractivity contribution in [1.82, 2.24) is 9.78 Å². The molecule has 170 valence electrons. The van der Waals surface area contributed by atoms with Crippen molar-refractivity contribution in [2.24, 2.45) is 0 Å². The molecule has 34 heavy (non-hydrogen) atoms. The van der Waals surface area contributed by atoms with Gasteiger partial charge in [0.1, 0.15) is 17.1 Å². The van der Waals surface area contributed by atoms with Crippen LogP contribution in [0.4, 0.5) is 11.5 Å². The highest BCUT2D eigenvalue weighted by molar-refractivity contribution is 6.30. The molecule has 1 atom stereocenters. The van der Waals surface area contributed by atoms with Crippen LogP contribution in [-0.2, 0) is 0 Å². The number of rotatable bonds is 6. The molecular formula is C27H23ClN4O2. The highest BCUT2D eigenvalue weighted by Gasteiger charge is 2.27. The minimum Gasteiger partial charge on any atom is -0.494 e. The van der Waals surface area contributed by atoms with Gasteiger partial charge < -0.3 is 15.4 Å². The second kappa shape index (κ2) is 9.45. The number of allylic oxidation sites excluding steroid dienone is 1. The topological polar surface area (TPSA) is 68.2 Å². The summed E-state index contributed by atoms with van der Waals surface area (Å²) in [5, 5.41) is 11.6. The van der Waals surface area contributed by atoms with Crippen LogP contribution in [0.25, 0.3) is 5.70 Å². The highest BCUT2D eigenvalue weighted by atomic mass is 35.5. The highest BCUT2D eigenvalue weighted by Crippen LogP contribution is 2.35. The first-order chi connectivity index (χ1) is 16.6. The molecule has 2 heterocycles. The molecule has 0 aliphatic carbocycles. The molecule has 7 heteroatoms. The summed E-state index contributed by atoms with van der Waals surface area (Å²) in [6.45, 7) is 2.52. The standard InChI is InChI=1S/C27H23ClN4O2/c1-2-34-22-14-12-21(13-15-22)30-27(33)23-17-29-32-25(19-6-4-3-5-7-19)16-24(31-26(23)32)18-8-10-20(28)11-9-18/h3-17,25,31H,2H2,1H3,(H,30,33)/t25-/m0/s1. The molecule has 0 bridgehead atoms. The molecular weight excluding hydrogens is 448 g/mol. The smallest absolute Gasteiger partial charge is 0.261 e. The van der Waals surface area contributed by atoms with Crippen molar-refractivity contribution in [3.8, 4) is 5.75 Å². The van der Waals surface area contributed by atoms with Crippen LogP contribution >= 0.6 is 11.6 Å². The predicted octanol–water partition coefficient (Wildman–Crippen LogP) is 6.24. The van der Waals surface area contributed by atoms with Crippen molar-refractivity contribution in [2.75, 3.05) is 17.2 Å². The monoisotopic (exact) mass is 470 g/mol. The molecule has 1 aliphatic heterocycles. The molecule has 3 aromatic carbocycles. The molecule has 4 aromatic rings. The Morgan fingerprint density at radius 1 is 1.06 bits per heavy atom. The Morgan fingerprint density at radius 2 is 1.79 bits per heavy atom. The zero-order valence-corrected chi connectivity index (χ0v) is 19.3. The Labute approximate surface area is 202 Å². The number of benzene rings is 3. The van der Waals surface area contributed by atoms with Gasteiger partial charge in [-0.05, 0) is 60.5 Å². The summed E-state index contributed by atoms with van der Waals surface area (Å²) >= 11 is 6.10. The summed E-state index contributed by atoms with van der Waals surface area (Å²) in [4.78, 5) is 13.2. The number of anilines is 2. The summed E-state index contributed by atoms with van der Waals surface area (Å²) in [7, 11) is 0. The second-order valence-electron chi connectivity index (χ2n) is 7.83. The average molecular weight is 471 g/mol. The van der Waals surface area contributed by atoms with Crippen LogP contribution in [0.15, 0.2) is 91.1 Å². The van der Waals surface area contributed by atoms with Crippen molar-refractivity contribution in [3.63, 3.8) is 0 Å². The van der Waals surface area contributed by atoms with Gasteiger partial charge in [-0.2, -0.15) is 5.10 Å². The van der Waals surface area contributed by atoms with Crippen molar-refractivity contribution in [2.45, 2.75) is 13.0 Å². The lowest BCUT2D eigenvalue weighted by atomic mass is 10.0. The van der Waals surface area contributed by atoms with Gasteiger partial charge in [0.2, 0.25) is 0 Å². The van der Waals surface area contributed by atoms with Crippen molar-refractivity contribution >= 4 is 34.7 Å². The number of hydrogen-bond donors (Lipinski definition) is 2. The van der Waals surface area contributed by atoms with Crippen LogP contribution in [0.5, 0.6) is 5.75 Å². The molecule has 5 rings (SSSR count). The quantitative estimate of drug-likeness (QED) is 0.350. The van der Waals surface area contributed by atoms with Crippen LogP contribution in [0, 0.1) is 0 Å². The first-order valence-corrected chi connectivity index (χ1v) is 11.4. The molecule has 0 unspecified atom stereocenters. The van der Waals surface area contributed by atoms with Crippen molar-refractivity contribution in [1.29, 1.82) is 0 Å². The zero-order chi connectivity index (χ0) is 23.5. The van der Waals surface area contributed by atoms with Gasteiger partial charge in [-0.1, -0.05) is 54.1 Å². The van der Waals surface area contributed by atoms with Crippen molar-refractivity contribution < 1.29 is 9.53 Å². The SMILES string of the molecule is CCOc1ccc(NC(=O)c2cnn3c2NC(c2ccc(Cl)cc2)=C[C@H]3c2ccccc2)cc1. The number of nitrogens with one attached hydrogen (secondary N) is 2. The van der Waals surface area contributed by atoms with Gasteiger partial charge in [0.05, 0.1) is 18.8 Å². The number of nitrogens with zero attached hydrogens (tertiary/aromatic N) is 2. The van der Waals surface area contributed by atoms with E-state index in [1.165, 1.54) is 0 Å². The fourth-order valence-electron chi connectivity index (χ4n) is 3.95. The van der Waals surface area contributed by atoms with E-state index in [2.05, 4.69) is 33.9 Å². The Balaban J connectivity index is 1.49. The third-order valence-corrected chi connectivity index (χ3v) is 5.85. The molecule has 2 N–H and O–H groups in total. The number of carbonyl (C=O) groups is 1. The van der Waals surface area contributed by atoms with Gasteiger partial charge in [-0.15, -0.1) is 0 Å². The summed E-state index contributed by atoms with van der Waals surface area (Å²) in [5.74, 6) is 1.14. The lowest BCUT2D eigenvalue weighted by molar-refractivity contribution is 0.102. The summed E-state index contributed by atoms with van der Waals surface area (Å²) < 4.78 is 7.31. The van der Waals surface area contributed by atoms with E-state index in [1.807, 2.05) is 78.3 Å². The zero-order valence-electron chi connectivity index (χ0n) is 18.5. The van der Waals surface area contributed by atoms with Crippen molar-refractivity contribution in [3.05, 3.63) is 113 Å². The molecule has 1 aliphatic rings. The van der Waals surface area contributed by atoms with E-state index >= 15 is 0 Å². The van der Waals surface area contributed by atoms with Crippen LogP contribution < -0.4 is 15.4 Å². The van der Waals surface area contributed by atoms with Gasteiger partial charge >= 0.3 is 0 Å². The van der Waals surface area contributed by atoms with E-state index in [9.17, 15) is 4.79 Å². The van der Waals surface area contributed by atoms with Gasteiger partial charge in [-0.3, -0.25) is 4.79 Å². The van der Waals surface area contributed by atoms with Gasteiger partial charge in [0.15, 0.2) is 0 Å². The second-order valence-corrected chi connectivity index (χ2v) is 8.27. The van der Waals surface area contributed by atoms with Crippen LogP contribution in [-0.4, -0.2) is 22.3 Å². The van der Waals surface area contributed by atoms with E-state index in [-0.39, 0.29) is 11.9 Å². The molecule has 1 aromatic heterocycles. The minimum atomic E-state index is -0.248. The van der Waals surface area contributed by atoms with Gasteiger partial charge in [-0.25, -0.2) is 4.68 Å². The normalized spacial score (nSPS) is 14.5. The van der Waals surface area contributed by atoms with Crippen LogP contribution in [0.3, 0.4) is 0 Å². The number of halogens is 1. The Hall–Kier alpha value is -4.03. The first kappa shape index (κ1) is 21.8. The minimum absolute atomic E-state index is 0.171. The van der Waals surface area contributed by atoms with Gasteiger partial charge in [0.25, 0.3) is 5.91 Å². The van der Waals surface area contributed by atoms with E-state index < -0.39 is 0 Å². The molecule has 0 fully saturated rings. The lowest BCUT2D eigenvalue weighted by Crippen LogP contribution is -2.22. The van der Waals surface area contributed by atoms with Crippen LogP contribution in [0.2, 0.25) is 5.02 Å². The largest absolute Gasteiger partial charge is 0.494 e. The third-order valence-electron chi connectivity index (χ3n) is 5.60. The van der Waals surface area contributed by atoms with Crippen LogP contribution in [0.1, 0.15) is 34.5 Å². The molecule has 0 spiro atoms. The number of carbonyl (C=O) groups excluding carboxylic acids is 1. The average Bonchev–Trinajstić information content (AvgIpc) is 3.30. The Kier molecular flexibility index (Phi) is 6.06. The number of hydrogen-bond acceptors (Lipinski definition) is 4. The Bertz CT molecular complexity index is 1330. The predicted molar refractivity (Wildman–Crippen MR) is 135 cm³/mol. The van der Waals surface area contributed by atoms with E-state index in [4.69, 9.17) is 16.3 Å². The number of fused-ring (bicyclic) bond motifs is 1. The summed E-state index contributed by atoms with van der Waals surface area (Å²) in [6, 6.07) is 24.8. The Morgan fingerprint density at radius 3 is 2.50 bits per heavy atom. The fourth-order valence-corrected chi connectivity index (χ4v) is 4.07. The molecule has 6 nitrogen and oxygen atoms in total. The summed E-state index contributed by atoms with van der Waals surface area (Å²) in [6.07, 6.45) is 3.70. The van der Waals surface area contributed by atoms with E-state index in [1.54, 1.807) is 6.20 Å². The fraction of sp³-hybridized carbons (Fsp3) is 0.111. The third kappa shape index (κ3) is 4.40. The molecule has 1 amide bonds. The molecule has 0 saturated heterocycles. The lowest BCUT2D eigenvalue weighted by Gasteiger charge is -2.26. The number of aromatic nitrogens is 2. The molecule has 0 saturated carbocycles. The summed E-state index contributed by atoms with van der Waals surface area (Å²) in [5.41, 5.74) is 4.05. The maximum atomic E-state index is 13.2. The maximum absolute atomic E-state index is 13.2. The number of amides is 1. The first-order valence-electron chi connectivity index (χ1n) is 11.0. The van der Waals surface area contributed by atoms with Gasteiger partial charge in [0, 0.05) is 16.4 Å². The molecule has 0 radical (unpaired) electrons. The van der Waals surface area contributed by atoms with E-state index in [0.29, 0.717) is 28.7 Å².